The number of Topliss-reactive ketones (excluding diaryl/α,β-unsaturated/α-hetero) is 1. The standard InChI is InChI=1S/C24H48N2O2S2/c1-20(2)25-13-15-26(14-10-17-30-19-21(27)24(6,7)8)22(28)11-18-29-16-9-12-23(3,4)5/h20,25H,9-19H2,1-8H3. The Morgan fingerprint density at radius 3 is 2.10 bits per heavy atom. The number of hydrogen-bond donors (Lipinski definition) is 1. The summed E-state index contributed by atoms with van der Waals surface area (Å²) < 4.78 is 0. The van der Waals surface area contributed by atoms with Crippen LogP contribution in [0.3, 0.4) is 0 Å². The Morgan fingerprint density at radius 2 is 1.53 bits per heavy atom. The van der Waals surface area contributed by atoms with Crippen molar-refractivity contribution < 1.29 is 9.59 Å². The zero-order chi connectivity index (χ0) is 23.2. The highest BCUT2D eigenvalue weighted by atomic mass is 32.2. The molecule has 0 saturated carbocycles. The Balaban J connectivity index is 4.24. The van der Waals surface area contributed by atoms with Crippen LogP contribution in [0.5, 0.6) is 0 Å². The Bertz CT molecular complexity index is 483. The van der Waals surface area contributed by atoms with E-state index in [1.54, 1.807) is 11.8 Å². The first-order valence-electron chi connectivity index (χ1n) is 11.5. The molecule has 0 rings (SSSR count). The summed E-state index contributed by atoms with van der Waals surface area (Å²) in [5, 5.41) is 3.41. The van der Waals surface area contributed by atoms with Crippen molar-refractivity contribution in [3.05, 3.63) is 0 Å². The molecule has 0 aromatic rings. The normalized spacial score (nSPS) is 12.4. The first-order valence-corrected chi connectivity index (χ1v) is 13.8. The minimum absolute atomic E-state index is 0.262. The second kappa shape index (κ2) is 15.6. The molecule has 0 atom stereocenters. The lowest BCUT2D eigenvalue weighted by atomic mass is 9.91. The fourth-order valence-electron chi connectivity index (χ4n) is 2.71. The second-order valence-electron chi connectivity index (χ2n) is 10.6. The lowest BCUT2D eigenvalue weighted by Gasteiger charge is -2.24. The van der Waals surface area contributed by atoms with Crippen molar-refractivity contribution >= 4 is 35.2 Å². The fourth-order valence-corrected chi connectivity index (χ4v) is 4.68. The molecule has 0 saturated heterocycles. The Labute approximate surface area is 195 Å². The summed E-state index contributed by atoms with van der Waals surface area (Å²) in [6, 6.07) is 0.430. The van der Waals surface area contributed by atoms with Crippen molar-refractivity contribution in [3.8, 4) is 0 Å². The van der Waals surface area contributed by atoms with Crippen LogP contribution in [0.1, 0.15) is 81.1 Å². The quantitative estimate of drug-likeness (QED) is 0.308. The third-order valence-electron chi connectivity index (χ3n) is 4.75. The van der Waals surface area contributed by atoms with E-state index in [0.29, 0.717) is 29.4 Å². The Morgan fingerprint density at radius 1 is 0.900 bits per heavy atom. The van der Waals surface area contributed by atoms with E-state index in [-0.39, 0.29) is 11.3 Å². The van der Waals surface area contributed by atoms with Crippen LogP contribution in [0.15, 0.2) is 0 Å². The number of carbonyl (C=O) groups excluding carboxylic acids is 2. The minimum atomic E-state index is -0.262. The predicted octanol–water partition coefficient (Wildman–Crippen LogP) is 5.50. The van der Waals surface area contributed by atoms with E-state index >= 15 is 0 Å². The number of hydrogen-bond acceptors (Lipinski definition) is 5. The molecule has 0 spiro atoms. The molecular weight excluding hydrogens is 412 g/mol. The van der Waals surface area contributed by atoms with E-state index in [4.69, 9.17) is 0 Å². The molecule has 0 aromatic carbocycles. The van der Waals surface area contributed by atoms with Crippen LogP contribution in [0, 0.1) is 10.8 Å². The van der Waals surface area contributed by atoms with Gasteiger partial charge in [0.2, 0.25) is 5.91 Å². The summed E-state index contributed by atoms with van der Waals surface area (Å²) in [6.07, 6.45) is 4.01. The van der Waals surface area contributed by atoms with Gasteiger partial charge in [0.1, 0.15) is 5.78 Å². The van der Waals surface area contributed by atoms with Crippen molar-refractivity contribution in [2.45, 2.75) is 87.1 Å². The number of thioether (sulfide) groups is 2. The maximum Gasteiger partial charge on any atom is 0.223 e. The molecule has 0 radical (unpaired) electrons. The lowest BCUT2D eigenvalue weighted by Crippen LogP contribution is -2.39. The van der Waals surface area contributed by atoms with Crippen LogP contribution in [0.25, 0.3) is 0 Å². The molecule has 0 aliphatic rings. The topological polar surface area (TPSA) is 49.4 Å². The zero-order valence-corrected chi connectivity index (χ0v) is 22.6. The largest absolute Gasteiger partial charge is 0.341 e. The highest BCUT2D eigenvalue weighted by Gasteiger charge is 2.20. The molecule has 0 heterocycles. The van der Waals surface area contributed by atoms with Crippen LogP contribution >= 0.6 is 23.5 Å². The van der Waals surface area contributed by atoms with Gasteiger partial charge in [0.15, 0.2) is 0 Å². The van der Waals surface area contributed by atoms with Crippen molar-refractivity contribution in [2.24, 2.45) is 10.8 Å². The summed E-state index contributed by atoms with van der Waals surface area (Å²) in [4.78, 5) is 26.8. The molecule has 0 aliphatic carbocycles. The van der Waals surface area contributed by atoms with Gasteiger partial charge in [0.25, 0.3) is 0 Å². The van der Waals surface area contributed by atoms with E-state index in [9.17, 15) is 9.59 Å². The second-order valence-corrected chi connectivity index (χ2v) is 12.9. The molecule has 4 nitrogen and oxygen atoms in total. The van der Waals surface area contributed by atoms with Gasteiger partial charge in [-0.2, -0.15) is 23.5 Å². The molecule has 0 bridgehead atoms. The molecule has 0 aliphatic heterocycles. The average molecular weight is 461 g/mol. The van der Waals surface area contributed by atoms with Crippen LogP contribution in [0.4, 0.5) is 0 Å². The average Bonchev–Trinajstić information content (AvgIpc) is 2.60. The summed E-state index contributed by atoms with van der Waals surface area (Å²) >= 11 is 3.59. The first-order chi connectivity index (χ1) is 13.8. The fraction of sp³-hybridized carbons (Fsp3) is 0.917. The molecule has 0 aromatic heterocycles. The van der Waals surface area contributed by atoms with Gasteiger partial charge >= 0.3 is 0 Å². The molecule has 178 valence electrons. The minimum Gasteiger partial charge on any atom is -0.341 e. The number of nitrogens with one attached hydrogen (secondary N) is 1. The molecule has 0 fully saturated rings. The van der Waals surface area contributed by atoms with Crippen LogP contribution in [-0.2, 0) is 9.59 Å². The smallest absolute Gasteiger partial charge is 0.223 e. The molecule has 0 unspecified atom stereocenters. The predicted molar refractivity (Wildman–Crippen MR) is 137 cm³/mol. The molecule has 1 N–H and O–H groups in total. The van der Waals surface area contributed by atoms with Crippen molar-refractivity contribution in [1.82, 2.24) is 10.2 Å². The van der Waals surface area contributed by atoms with Crippen molar-refractivity contribution in [1.29, 1.82) is 0 Å². The Hall–Kier alpha value is -0.200. The van der Waals surface area contributed by atoms with Gasteiger partial charge in [-0.15, -0.1) is 0 Å². The maximum atomic E-state index is 12.7. The van der Waals surface area contributed by atoms with Gasteiger partial charge in [-0.3, -0.25) is 9.59 Å². The molecule has 30 heavy (non-hydrogen) atoms. The number of amides is 1. The third-order valence-corrected chi connectivity index (χ3v) is 6.86. The molecule has 6 heteroatoms. The lowest BCUT2D eigenvalue weighted by molar-refractivity contribution is -0.130. The van der Waals surface area contributed by atoms with Gasteiger partial charge in [0, 0.05) is 43.3 Å². The van der Waals surface area contributed by atoms with E-state index < -0.39 is 0 Å². The zero-order valence-electron chi connectivity index (χ0n) is 20.9. The van der Waals surface area contributed by atoms with Gasteiger partial charge in [-0.25, -0.2) is 0 Å². The summed E-state index contributed by atoms with van der Waals surface area (Å²) in [5.74, 6) is 4.09. The summed E-state index contributed by atoms with van der Waals surface area (Å²) in [6.45, 7) is 19.4. The number of ketones is 1. The van der Waals surface area contributed by atoms with Gasteiger partial charge < -0.3 is 10.2 Å². The number of nitrogens with zero attached hydrogens (tertiary/aromatic N) is 1. The summed E-state index contributed by atoms with van der Waals surface area (Å²) in [5.41, 5.74) is 0.133. The Kier molecular flexibility index (Phi) is 15.5. The van der Waals surface area contributed by atoms with Crippen LogP contribution in [0.2, 0.25) is 0 Å². The SMILES string of the molecule is CC(C)NCCN(CCCSCC(=O)C(C)(C)C)C(=O)CCSCCCC(C)(C)C. The van der Waals surface area contributed by atoms with Crippen LogP contribution < -0.4 is 5.32 Å². The molecular formula is C24H48N2O2S2. The van der Waals surface area contributed by atoms with E-state index in [1.165, 1.54) is 12.8 Å². The maximum absolute atomic E-state index is 12.7. The van der Waals surface area contributed by atoms with E-state index in [0.717, 1.165) is 43.3 Å². The first kappa shape index (κ1) is 29.8. The monoisotopic (exact) mass is 460 g/mol. The van der Waals surface area contributed by atoms with Crippen molar-refractivity contribution in [3.63, 3.8) is 0 Å². The van der Waals surface area contributed by atoms with E-state index in [2.05, 4.69) is 39.9 Å². The van der Waals surface area contributed by atoms with Gasteiger partial charge in [-0.05, 0) is 36.2 Å². The van der Waals surface area contributed by atoms with Crippen molar-refractivity contribution in [2.75, 3.05) is 42.6 Å². The van der Waals surface area contributed by atoms with Gasteiger partial charge in [-0.1, -0.05) is 55.4 Å². The van der Waals surface area contributed by atoms with E-state index in [1.807, 2.05) is 37.4 Å². The van der Waals surface area contributed by atoms with Crippen LogP contribution in [-0.4, -0.2) is 65.3 Å². The highest BCUT2D eigenvalue weighted by Crippen LogP contribution is 2.22. The molecule has 1 amide bonds. The highest BCUT2D eigenvalue weighted by molar-refractivity contribution is 8.00. The summed E-state index contributed by atoms with van der Waals surface area (Å²) in [7, 11) is 0. The third kappa shape index (κ3) is 17.5. The van der Waals surface area contributed by atoms with Gasteiger partial charge in [0.05, 0.1) is 5.75 Å². The number of rotatable bonds is 16. The number of carbonyl (C=O) groups is 2.